The number of nitrogens with one attached hydrogen (secondary N) is 2. The Morgan fingerprint density at radius 2 is 1.77 bits per heavy atom. The Labute approximate surface area is 181 Å². The van der Waals surface area contributed by atoms with Crippen molar-refractivity contribution in [2.45, 2.75) is 51.9 Å². The highest BCUT2D eigenvalue weighted by Gasteiger charge is 2.18. The van der Waals surface area contributed by atoms with E-state index in [9.17, 15) is 5.11 Å². The summed E-state index contributed by atoms with van der Waals surface area (Å²) in [6.45, 7) is 13.3. The van der Waals surface area contributed by atoms with Crippen molar-refractivity contribution in [1.82, 2.24) is 20.4 Å². The van der Waals surface area contributed by atoms with Gasteiger partial charge in [0.05, 0.1) is 25.9 Å². The maximum Gasteiger partial charge on any atom is 0.191 e. The number of morpholine rings is 1. The molecule has 1 unspecified atom stereocenters. The molecule has 0 spiro atoms. The molecule has 2 aliphatic heterocycles. The van der Waals surface area contributed by atoms with Crippen LogP contribution in [0.25, 0.3) is 0 Å². The van der Waals surface area contributed by atoms with Crippen molar-refractivity contribution < 1.29 is 9.84 Å². The first-order chi connectivity index (χ1) is 14.6. The first-order valence-electron chi connectivity index (χ1n) is 11.5. The van der Waals surface area contributed by atoms with Crippen LogP contribution >= 0.6 is 0 Å². The zero-order valence-corrected chi connectivity index (χ0v) is 18.6. The lowest BCUT2D eigenvalue weighted by Crippen LogP contribution is -2.49. The quantitative estimate of drug-likeness (QED) is 0.439. The third-order valence-electron chi connectivity index (χ3n) is 5.98. The van der Waals surface area contributed by atoms with Gasteiger partial charge in [-0.3, -0.25) is 9.80 Å². The molecule has 1 aromatic carbocycles. The average molecular weight is 418 g/mol. The van der Waals surface area contributed by atoms with Gasteiger partial charge in [-0.05, 0) is 37.8 Å². The second-order valence-corrected chi connectivity index (χ2v) is 8.40. The van der Waals surface area contributed by atoms with Gasteiger partial charge in [0.25, 0.3) is 0 Å². The molecular weight excluding hydrogens is 378 g/mol. The summed E-state index contributed by atoms with van der Waals surface area (Å²) in [7, 11) is 0. The van der Waals surface area contributed by atoms with Gasteiger partial charge in [0.2, 0.25) is 0 Å². The van der Waals surface area contributed by atoms with Crippen molar-refractivity contribution in [3.05, 3.63) is 35.4 Å². The van der Waals surface area contributed by atoms with E-state index in [1.54, 1.807) is 0 Å². The standard InChI is InChI=1S/C23H39N5O2/c1-3-24-23(25-16-19(2)28-12-14-30-15-13-28)26-17-20-4-6-21(7-5-20)18-27-10-8-22(29)9-11-27/h4-7,19,22,29H,3,8-18H2,1-2H3,(H2,24,25,26). The summed E-state index contributed by atoms with van der Waals surface area (Å²) < 4.78 is 5.45. The molecule has 1 aromatic rings. The molecule has 0 amide bonds. The summed E-state index contributed by atoms with van der Waals surface area (Å²) in [6, 6.07) is 9.22. The van der Waals surface area contributed by atoms with E-state index in [0.29, 0.717) is 12.6 Å². The molecule has 0 radical (unpaired) electrons. The molecule has 1 atom stereocenters. The van der Waals surface area contributed by atoms with Crippen LogP contribution in [-0.2, 0) is 17.8 Å². The molecule has 2 saturated heterocycles. The van der Waals surface area contributed by atoms with Gasteiger partial charge in [-0.1, -0.05) is 24.3 Å². The van der Waals surface area contributed by atoms with Crippen LogP contribution in [0.1, 0.15) is 37.8 Å². The number of aliphatic hydroxyl groups excluding tert-OH is 1. The van der Waals surface area contributed by atoms with E-state index in [-0.39, 0.29) is 6.10 Å². The molecule has 0 saturated carbocycles. The van der Waals surface area contributed by atoms with E-state index in [0.717, 1.165) is 77.8 Å². The molecular formula is C23H39N5O2. The Bertz CT molecular complexity index is 637. The number of guanidine groups is 1. The van der Waals surface area contributed by atoms with Gasteiger partial charge in [0, 0.05) is 51.9 Å². The van der Waals surface area contributed by atoms with Gasteiger partial charge in [-0.25, -0.2) is 4.99 Å². The molecule has 7 nitrogen and oxygen atoms in total. The minimum Gasteiger partial charge on any atom is -0.393 e. The van der Waals surface area contributed by atoms with Crippen molar-refractivity contribution in [3.63, 3.8) is 0 Å². The van der Waals surface area contributed by atoms with E-state index >= 15 is 0 Å². The maximum absolute atomic E-state index is 9.65. The summed E-state index contributed by atoms with van der Waals surface area (Å²) in [5.41, 5.74) is 2.54. The van der Waals surface area contributed by atoms with E-state index in [2.05, 4.69) is 58.5 Å². The fraction of sp³-hybridized carbons (Fsp3) is 0.696. The first-order valence-corrected chi connectivity index (χ1v) is 11.5. The van der Waals surface area contributed by atoms with E-state index in [1.807, 2.05) is 0 Å². The predicted molar refractivity (Wildman–Crippen MR) is 122 cm³/mol. The van der Waals surface area contributed by atoms with E-state index < -0.39 is 0 Å². The molecule has 2 heterocycles. The van der Waals surface area contributed by atoms with Crippen molar-refractivity contribution >= 4 is 5.96 Å². The number of benzene rings is 1. The molecule has 30 heavy (non-hydrogen) atoms. The van der Waals surface area contributed by atoms with Gasteiger partial charge in [-0.2, -0.15) is 0 Å². The van der Waals surface area contributed by atoms with Crippen LogP contribution < -0.4 is 10.6 Å². The zero-order valence-electron chi connectivity index (χ0n) is 18.6. The van der Waals surface area contributed by atoms with E-state index in [1.165, 1.54) is 11.1 Å². The molecule has 7 heteroatoms. The van der Waals surface area contributed by atoms with Crippen LogP contribution in [0.15, 0.2) is 29.3 Å². The molecule has 168 valence electrons. The SMILES string of the molecule is CCNC(=NCc1ccc(CN2CCC(O)CC2)cc1)NCC(C)N1CCOCC1. The molecule has 2 aliphatic rings. The van der Waals surface area contributed by atoms with Gasteiger partial charge in [-0.15, -0.1) is 0 Å². The van der Waals surface area contributed by atoms with Crippen molar-refractivity contribution in [2.75, 3.05) is 52.5 Å². The van der Waals surface area contributed by atoms with Crippen molar-refractivity contribution in [1.29, 1.82) is 0 Å². The lowest BCUT2D eigenvalue weighted by molar-refractivity contribution is 0.0211. The fourth-order valence-electron chi connectivity index (χ4n) is 3.99. The number of hydrogen-bond donors (Lipinski definition) is 3. The smallest absolute Gasteiger partial charge is 0.191 e. The summed E-state index contributed by atoms with van der Waals surface area (Å²) in [5, 5.41) is 16.5. The zero-order chi connectivity index (χ0) is 21.2. The van der Waals surface area contributed by atoms with E-state index in [4.69, 9.17) is 9.73 Å². The number of likely N-dealkylation sites (tertiary alicyclic amines) is 1. The van der Waals surface area contributed by atoms with Crippen LogP contribution in [-0.4, -0.2) is 85.5 Å². The number of rotatable bonds is 8. The van der Waals surface area contributed by atoms with Crippen LogP contribution in [0, 0.1) is 0 Å². The second kappa shape index (κ2) is 12.2. The Balaban J connectivity index is 1.46. The average Bonchev–Trinajstić information content (AvgIpc) is 2.78. The molecule has 0 aliphatic carbocycles. The summed E-state index contributed by atoms with van der Waals surface area (Å²) in [5.74, 6) is 0.869. The predicted octanol–water partition coefficient (Wildman–Crippen LogP) is 1.42. The minimum absolute atomic E-state index is 0.113. The monoisotopic (exact) mass is 417 g/mol. The van der Waals surface area contributed by atoms with Gasteiger partial charge in [0.15, 0.2) is 5.96 Å². The highest BCUT2D eigenvalue weighted by Crippen LogP contribution is 2.14. The molecule has 2 fully saturated rings. The summed E-state index contributed by atoms with van der Waals surface area (Å²) in [4.78, 5) is 9.65. The van der Waals surface area contributed by atoms with Crippen LogP contribution in [0.3, 0.4) is 0 Å². The third kappa shape index (κ3) is 7.54. The van der Waals surface area contributed by atoms with Gasteiger partial charge >= 0.3 is 0 Å². The van der Waals surface area contributed by atoms with Crippen LogP contribution in [0.2, 0.25) is 0 Å². The third-order valence-corrected chi connectivity index (χ3v) is 5.98. The summed E-state index contributed by atoms with van der Waals surface area (Å²) >= 11 is 0. The first kappa shape index (κ1) is 23.0. The second-order valence-electron chi connectivity index (χ2n) is 8.40. The van der Waals surface area contributed by atoms with Crippen molar-refractivity contribution in [2.24, 2.45) is 4.99 Å². The largest absolute Gasteiger partial charge is 0.393 e. The Hall–Kier alpha value is -1.67. The number of nitrogens with zero attached hydrogens (tertiary/aromatic N) is 3. The molecule has 3 N–H and O–H groups in total. The molecule has 0 aromatic heterocycles. The normalized spacial score (nSPS) is 20.8. The maximum atomic E-state index is 9.65. The van der Waals surface area contributed by atoms with Gasteiger partial charge in [0.1, 0.15) is 0 Å². The highest BCUT2D eigenvalue weighted by molar-refractivity contribution is 5.79. The van der Waals surface area contributed by atoms with Crippen LogP contribution in [0.4, 0.5) is 0 Å². The number of piperidine rings is 1. The Morgan fingerprint density at radius 1 is 1.10 bits per heavy atom. The fourth-order valence-corrected chi connectivity index (χ4v) is 3.99. The number of aliphatic hydroxyl groups is 1. The lowest BCUT2D eigenvalue weighted by atomic mass is 10.1. The van der Waals surface area contributed by atoms with Crippen LogP contribution in [0.5, 0.6) is 0 Å². The summed E-state index contributed by atoms with van der Waals surface area (Å²) in [6.07, 6.45) is 1.66. The Kier molecular flexibility index (Phi) is 9.39. The van der Waals surface area contributed by atoms with Crippen molar-refractivity contribution in [3.8, 4) is 0 Å². The number of hydrogen-bond acceptors (Lipinski definition) is 5. The van der Waals surface area contributed by atoms with Gasteiger partial charge < -0.3 is 20.5 Å². The molecule has 0 bridgehead atoms. The highest BCUT2D eigenvalue weighted by atomic mass is 16.5. The lowest BCUT2D eigenvalue weighted by Gasteiger charge is -2.32. The number of ether oxygens (including phenoxy) is 1. The topological polar surface area (TPSA) is 72.4 Å². The Morgan fingerprint density at radius 3 is 2.43 bits per heavy atom. The minimum atomic E-state index is -0.113. The molecule has 3 rings (SSSR count). The number of aliphatic imine (C=N–C) groups is 1.